The van der Waals surface area contributed by atoms with Gasteiger partial charge < -0.3 is 14.6 Å². The third-order valence-corrected chi connectivity index (χ3v) is 6.61. The zero-order chi connectivity index (χ0) is 25.3. The number of hydrogen-bond donors (Lipinski definition) is 1. The van der Waals surface area contributed by atoms with Crippen LogP contribution in [0.3, 0.4) is 0 Å². The van der Waals surface area contributed by atoms with Crippen molar-refractivity contribution in [2.45, 2.75) is 46.8 Å². The third kappa shape index (κ3) is 4.79. The summed E-state index contributed by atoms with van der Waals surface area (Å²) in [5.41, 5.74) is 1.78. The van der Waals surface area contributed by atoms with Crippen molar-refractivity contribution in [3.05, 3.63) is 81.0 Å². The summed E-state index contributed by atoms with van der Waals surface area (Å²) in [5.74, 6) is -0.339. The van der Waals surface area contributed by atoms with Crippen molar-refractivity contribution >= 4 is 28.7 Å². The number of aromatic nitrogens is 1. The summed E-state index contributed by atoms with van der Waals surface area (Å²) in [6.45, 7) is 9.83. The molecule has 4 rings (SSSR count). The van der Waals surface area contributed by atoms with Crippen molar-refractivity contribution < 1.29 is 24.2 Å². The molecule has 0 bridgehead atoms. The number of aryl methyl sites for hydroxylation is 2. The topological polar surface area (TPSA) is 89.0 Å². The van der Waals surface area contributed by atoms with Crippen molar-refractivity contribution in [3.63, 3.8) is 0 Å². The van der Waals surface area contributed by atoms with Crippen LogP contribution in [0.4, 0.5) is 5.69 Å². The summed E-state index contributed by atoms with van der Waals surface area (Å²) < 4.78 is 11.4. The van der Waals surface area contributed by atoms with Gasteiger partial charge in [-0.15, -0.1) is 11.3 Å². The molecule has 2 aromatic carbocycles. The summed E-state index contributed by atoms with van der Waals surface area (Å²) in [6, 6.07) is 13.4. The minimum absolute atomic E-state index is 0.0253. The smallest absolute Gasteiger partial charge is 0.294 e. The summed E-state index contributed by atoms with van der Waals surface area (Å²) >= 11 is 1.25. The highest BCUT2D eigenvalue weighted by molar-refractivity contribution is 7.14. The highest BCUT2D eigenvalue weighted by atomic mass is 32.1. The number of nitrogens with zero attached hydrogens (tertiary/aromatic N) is 2. The van der Waals surface area contributed by atoms with E-state index in [2.05, 4.69) is 4.98 Å². The van der Waals surface area contributed by atoms with Gasteiger partial charge in [-0.25, -0.2) is 4.98 Å². The van der Waals surface area contributed by atoms with Gasteiger partial charge >= 0.3 is 0 Å². The van der Waals surface area contributed by atoms with Gasteiger partial charge in [0.15, 0.2) is 5.76 Å². The average molecular weight is 493 g/mol. The van der Waals surface area contributed by atoms with Crippen LogP contribution in [0.25, 0.3) is 0 Å². The number of benzene rings is 2. The van der Waals surface area contributed by atoms with Gasteiger partial charge in [-0.2, -0.15) is 0 Å². The van der Waals surface area contributed by atoms with Crippen LogP contribution >= 0.6 is 11.3 Å². The molecule has 2 heterocycles. The molecule has 1 aliphatic rings. The van der Waals surface area contributed by atoms with Crippen molar-refractivity contribution in [1.29, 1.82) is 0 Å². The zero-order valence-corrected chi connectivity index (χ0v) is 21.2. The minimum Gasteiger partial charge on any atom is -0.503 e. The van der Waals surface area contributed by atoms with Crippen LogP contribution in [0.1, 0.15) is 52.7 Å². The largest absolute Gasteiger partial charge is 0.503 e. The van der Waals surface area contributed by atoms with E-state index in [-0.39, 0.29) is 11.7 Å². The van der Waals surface area contributed by atoms with Gasteiger partial charge in [0.25, 0.3) is 5.91 Å². The number of anilines is 1. The normalized spacial score (nSPS) is 15.8. The van der Waals surface area contributed by atoms with Crippen LogP contribution in [-0.2, 0) is 4.79 Å². The second kappa shape index (κ2) is 9.92. The molecular weight excluding hydrogens is 464 g/mol. The van der Waals surface area contributed by atoms with Gasteiger partial charge in [-0.1, -0.05) is 12.1 Å². The second-order valence-electron chi connectivity index (χ2n) is 8.48. The van der Waals surface area contributed by atoms with Gasteiger partial charge in [-0.3, -0.25) is 14.5 Å². The molecule has 1 atom stereocenters. The molecule has 0 saturated heterocycles. The molecular formula is C27H28N2O5S. The van der Waals surface area contributed by atoms with Gasteiger partial charge in [-0.05, 0) is 76.6 Å². The number of aliphatic hydroxyl groups is 1. The zero-order valence-electron chi connectivity index (χ0n) is 20.4. The second-order valence-corrected chi connectivity index (χ2v) is 9.69. The Balaban J connectivity index is 1.85. The van der Waals surface area contributed by atoms with Crippen molar-refractivity contribution in [3.8, 4) is 11.5 Å². The SMILES string of the molecule is CCOc1ccc(N2C(=O)C(O)=C(C(=O)c3sc(C)nc3C)C2c2cccc(OC(C)C)c2)cc1. The van der Waals surface area contributed by atoms with E-state index in [1.54, 1.807) is 37.3 Å². The van der Waals surface area contributed by atoms with Crippen LogP contribution in [0, 0.1) is 13.8 Å². The lowest BCUT2D eigenvalue weighted by atomic mass is 9.94. The predicted molar refractivity (Wildman–Crippen MR) is 136 cm³/mol. The standard InChI is InChI=1S/C27H28N2O5S/c1-6-33-20-12-10-19(11-13-20)29-23(18-8-7-9-21(14-18)34-15(2)3)22(25(31)27(29)32)24(30)26-16(4)28-17(5)35-26/h7-15,23,31H,6H2,1-5H3. The predicted octanol–water partition coefficient (Wildman–Crippen LogP) is 5.73. The van der Waals surface area contributed by atoms with Crippen LogP contribution < -0.4 is 14.4 Å². The van der Waals surface area contributed by atoms with Crippen LogP contribution in [0.5, 0.6) is 11.5 Å². The molecule has 1 N–H and O–H groups in total. The summed E-state index contributed by atoms with van der Waals surface area (Å²) in [7, 11) is 0. The van der Waals surface area contributed by atoms with Crippen molar-refractivity contribution in [1.82, 2.24) is 4.98 Å². The van der Waals surface area contributed by atoms with E-state index >= 15 is 0 Å². The molecule has 3 aromatic rings. The maximum absolute atomic E-state index is 13.7. The molecule has 1 unspecified atom stereocenters. The molecule has 0 fully saturated rings. The highest BCUT2D eigenvalue weighted by Crippen LogP contribution is 2.43. The van der Waals surface area contributed by atoms with E-state index in [1.165, 1.54) is 16.2 Å². The van der Waals surface area contributed by atoms with E-state index in [9.17, 15) is 14.7 Å². The Morgan fingerprint density at radius 2 is 1.86 bits per heavy atom. The lowest BCUT2D eigenvalue weighted by Crippen LogP contribution is -2.31. The summed E-state index contributed by atoms with van der Waals surface area (Å²) in [6.07, 6.45) is -0.0504. The van der Waals surface area contributed by atoms with Gasteiger partial charge in [0.05, 0.1) is 39.9 Å². The molecule has 1 aliphatic heterocycles. The number of Topliss-reactive ketones (excluding diaryl/α,β-unsaturated/α-hetero) is 1. The minimum atomic E-state index is -0.842. The van der Waals surface area contributed by atoms with Crippen LogP contribution in [0.15, 0.2) is 59.9 Å². The first-order valence-corrected chi connectivity index (χ1v) is 12.3. The number of ether oxygens (including phenoxy) is 2. The first kappa shape index (κ1) is 24.5. The Morgan fingerprint density at radius 1 is 1.14 bits per heavy atom. The maximum atomic E-state index is 13.7. The number of thiazole rings is 1. The quantitative estimate of drug-likeness (QED) is 0.404. The number of amides is 1. The number of ketones is 1. The van der Waals surface area contributed by atoms with E-state index < -0.39 is 23.5 Å². The number of rotatable bonds is 8. The molecule has 0 saturated carbocycles. The Hall–Kier alpha value is -3.65. The maximum Gasteiger partial charge on any atom is 0.294 e. The number of carbonyl (C=O) groups excluding carboxylic acids is 2. The molecule has 8 heteroatoms. The Labute approximate surface area is 208 Å². The number of hydrogen-bond acceptors (Lipinski definition) is 7. The first-order valence-electron chi connectivity index (χ1n) is 11.5. The van der Waals surface area contributed by atoms with Gasteiger partial charge in [0.1, 0.15) is 11.5 Å². The molecule has 1 amide bonds. The highest BCUT2D eigenvalue weighted by Gasteiger charge is 2.45. The van der Waals surface area contributed by atoms with Crippen LogP contribution in [0.2, 0.25) is 0 Å². The molecule has 7 nitrogen and oxygen atoms in total. The van der Waals surface area contributed by atoms with E-state index in [1.807, 2.05) is 45.9 Å². The number of aliphatic hydroxyl groups excluding tert-OH is 1. The van der Waals surface area contributed by atoms with Gasteiger partial charge in [0, 0.05) is 5.69 Å². The fraction of sp³-hybridized carbons (Fsp3) is 0.296. The van der Waals surface area contributed by atoms with E-state index in [0.29, 0.717) is 39.9 Å². The molecule has 182 valence electrons. The average Bonchev–Trinajstić information content (AvgIpc) is 3.29. The molecule has 0 spiro atoms. The Bertz CT molecular complexity index is 1290. The third-order valence-electron chi connectivity index (χ3n) is 5.53. The first-order chi connectivity index (χ1) is 16.7. The summed E-state index contributed by atoms with van der Waals surface area (Å²) in [4.78, 5) is 33.3. The lowest BCUT2D eigenvalue weighted by Gasteiger charge is -2.27. The summed E-state index contributed by atoms with van der Waals surface area (Å²) in [5, 5.41) is 11.7. The fourth-order valence-corrected chi connectivity index (χ4v) is 5.06. The Kier molecular flexibility index (Phi) is 6.93. The monoisotopic (exact) mass is 492 g/mol. The van der Waals surface area contributed by atoms with Gasteiger partial charge in [0.2, 0.25) is 5.78 Å². The van der Waals surface area contributed by atoms with Crippen molar-refractivity contribution in [2.75, 3.05) is 11.5 Å². The van der Waals surface area contributed by atoms with E-state index in [0.717, 1.165) is 5.01 Å². The molecule has 0 aliphatic carbocycles. The molecule has 0 radical (unpaired) electrons. The van der Waals surface area contributed by atoms with Crippen LogP contribution in [-0.4, -0.2) is 34.5 Å². The Morgan fingerprint density at radius 3 is 2.46 bits per heavy atom. The number of carbonyl (C=O) groups is 2. The fourth-order valence-electron chi connectivity index (χ4n) is 4.18. The van der Waals surface area contributed by atoms with E-state index in [4.69, 9.17) is 9.47 Å². The van der Waals surface area contributed by atoms with Crippen molar-refractivity contribution in [2.24, 2.45) is 0 Å². The molecule has 35 heavy (non-hydrogen) atoms. The molecule has 1 aromatic heterocycles. The lowest BCUT2D eigenvalue weighted by molar-refractivity contribution is -0.117.